The second-order valence-corrected chi connectivity index (χ2v) is 5.69. The maximum absolute atomic E-state index is 5.07. The van der Waals surface area contributed by atoms with Gasteiger partial charge in [0.25, 0.3) is 0 Å². The number of hydrogen-bond donors (Lipinski definition) is 0. The molecule has 0 N–H and O–H groups in total. The normalized spacial score (nSPS) is 12.9. The van der Waals surface area contributed by atoms with Crippen LogP contribution in [0.4, 0.5) is 0 Å². The van der Waals surface area contributed by atoms with Crippen molar-refractivity contribution < 1.29 is 19.2 Å². The molecule has 0 aromatic heterocycles. The van der Waals surface area contributed by atoms with Gasteiger partial charge in [-0.25, -0.2) is 0 Å². The van der Waals surface area contributed by atoms with Gasteiger partial charge in [0.1, 0.15) is 0 Å². The fraction of sp³-hybridized carbons (Fsp3) is 0.500. The van der Waals surface area contributed by atoms with Crippen LogP contribution < -0.4 is 0 Å². The van der Waals surface area contributed by atoms with Crippen molar-refractivity contribution in [3.05, 3.63) is 34.8 Å². The summed E-state index contributed by atoms with van der Waals surface area (Å²) < 4.78 is 3.25. The third-order valence-corrected chi connectivity index (χ3v) is 4.21. The van der Waals surface area contributed by atoms with E-state index in [1.165, 1.54) is 24.0 Å². The van der Waals surface area contributed by atoms with E-state index in [4.69, 9.17) is 11.6 Å². The van der Waals surface area contributed by atoms with E-state index in [0.717, 1.165) is 0 Å². The molecular weight excluding hydrogens is 227 g/mol. The van der Waals surface area contributed by atoms with Crippen LogP contribution in [0.1, 0.15) is 26.2 Å². The van der Waals surface area contributed by atoms with E-state index in [-0.39, 0.29) is 19.2 Å². The van der Waals surface area contributed by atoms with Crippen LogP contribution in [0.15, 0.2) is 34.8 Å². The number of halogens is 1. The molecule has 0 radical (unpaired) electrons. The zero-order valence-electron chi connectivity index (χ0n) is 8.93. The summed E-state index contributed by atoms with van der Waals surface area (Å²) >= 11 is 5.36. The molecular formula is C12H19ClTi. The molecule has 0 aliphatic heterocycles. The van der Waals surface area contributed by atoms with Crippen LogP contribution in [-0.4, -0.2) is 5.88 Å². The van der Waals surface area contributed by atoms with Crippen molar-refractivity contribution in [3.8, 4) is 0 Å². The van der Waals surface area contributed by atoms with Crippen LogP contribution in [0.5, 0.6) is 0 Å². The first kappa shape index (κ1) is 14.2. The number of alkyl halides is 1. The SMILES string of the molecule is C=CCCl.CCC[CH2][Ti][C]1=CC=CC1. The van der Waals surface area contributed by atoms with Gasteiger partial charge in [0, 0.05) is 5.88 Å². The van der Waals surface area contributed by atoms with Gasteiger partial charge in [-0.2, -0.15) is 0 Å². The van der Waals surface area contributed by atoms with Crippen molar-refractivity contribution in [2.45, 2.75) is 30.9 Å². The summed E-state index contributed by atoms with van der Waals surface area (Å²) in [5, 5.41) is 0. The standard InChI is InChI=1S/C5H5.C4H9.C3H5Cl.Ti/c1-2-4-5-3-1;1-3-4-2;1-2-3-4;/h1-3H,4H2;1,3-4H2,2H3;2H,1,3H2;. The third-order valence-electron chi connectivity index (χ3n) is 1.76. The first-order valence-electron chi connectivity index (χ1n) is 5.11. The molecule has 0 unspecified atom stereocenters. The molecule has 0 aromatic rings. The predicted octanol–water partition coefficient (Wildman–Crippen LogP) is 4.54. The zero-order chi connectivity index (χ0) is 10.6. The van der Waals surface area contributed by atoms with Gasteiger partial charge in [-0.05, 0) is 0 Å². The number of unbranched alkanes of at least 4 members (excludes halogenated alkanes) is 1. The molecule has 0 nitrogen and oxygen atoms in total. The van der Waals surface area contributed by atoms with Crippen molar-refractivity contribution in [3.63, 3.8) is 0 Å². The average molecular weight is 247 g/mol. The van der Waals surface area contributed by atoms with Crippen molar-refractivity contribution in [2.75, 3.05) is 5.88 Å². The molecule has 2 heteroatoms. The van der Waals surface area contributed by atoms with Crippen molar-refractivity contribution in [1.82, 2.24) is 0 Å². The second-order valence-electron chi connectivity index (χ2n) is 3.05. The topological polar surface area (TPSA) is 0 Å². The molecule has 78 valence electrons. The predicted molar refractivity (Wildman–Crippen MR) is 62.5 cm³/mol. The Hall–Kier alpha value is 0.224. The Bertz CT molecular complexity index is 194. The van der Waals surface area contributed by atoms with E-state index in [0.29, 0.717) is 5.88 Å². The fourth-order valence-electron chi connectivity index (χ4n) is 1.00. The molecule has 0 atom stereocenters. The average Bonchev–Trinajstić information content (AvgIpc) is 2.72. The molecule has 0 saturated carbocycles. The molecule has 0 saturated heterocycles. The number of rotatable bonds is 5. The number of allylic oxidation sites excluding steroid dienone is 5. The first-order chi connectivity index (χ1) is 6.85. The Kier molecular flexibility index (Phi) is 11.5. The molecule has 0 fully saturated rings. The van der Waals surface area contributed by atoms with Crippen LogP contribution in [0, 0.1) is 0 Å². The first-order valence-corrected chi connectivity index (χ1v) is 7.53. The van der Waals surface area contributed by atoms with Crippen LogP contribution in [-0.2, 0) is 19.2 Å². The number of hydrogen-bond acceptors (Lipinski definition) is 0. The van der Waals surface area contributed by atoms with Gasteiger partial charge in [-0.1, -0.05) is 6.08 Å². The Balaban J connectivity index is 0.000000364. The van der Waals surface area contributed by atoms with E-state index in [1.54, 1.807) is 9.95 Å². The van der Waals surface area contributed by atoms with E-state index in [9.17, 15) is 0 Å². The molecule has 0 spiro atoms. The molecule has 14 heavy (non-hydrogen) atoms. The minimum atomic E-state index is 0.290. The van der Waals surface area contributed by atoms with Crippen molar-refractivity contribution in [2.24, 2.45) is 0 Å². The Morgan fingerprint density at radius 3 is 2.79 bits per heavy atom. The second kappa shape index (κ2) is 11.3. The summed E-state index contributed by atoms with van der Waals surface area (Å²) in [6, 6.07) is 0. The van der Waals surface area contributed by atoms with Crippen LogP contribution >= 0.6 is 11.6 Å². The van der Waals surface area contributed by atoms with Gasteiger partial charge >= 0.3 is 72.2 Å². The summed E-state index contributed by atoms with van der Waals surface area (Å²) in [5.41, 5.74) is 0. The van der Waals surface area contributed by atoms with Crippen LogP contribution in [0.25, 0.3) is 0 Å². The van der Waals surface area contributed by atoms with Gasteiger partial charge in [0.15, 0.2) is 0 Å². The van der Waals surface area contributed by atoms with Gasteiger partial charge in [0.2, 0.25) is 0 Å². The van der Waals surface area contributed by atoms with Crippen molar-refractivity contribution in [1.29, 1.82) is 0 Å². The molecule has 0 heterocycles. The summed E-state index contributed by atoms with van der Waals surface area (Å²) in [6.45, 7) is 5.62. The summed E-state index contributed by atoms with van der Waals surface area (Å²) in [4.78, 5) is 0. The van der Waals surface area contributed by atoms with E-state index in [2.05, 4.69) is 31.7 Å². The third kappa shape index (κ3) is 8.81. The molecule has 0 amide bonds. The van der Waals surface area contributed by atoms with Gasteiger partial charge in [-0.3, -0.25) is 0 Å². The monoisotopic (exact) mass is 246 g/mol. The quantitative estimate of drug-likeness (QED) is 0.289. The van der Waals surface area contributed by atoms with E-state index < -0.39 is 0 Å². The Morgan fingerprint density at radius 2 is 2.36 bits per heavy atom. The molecule has 0 aromatic carbocycles. The summed E-state index contributed by atoms with van der Waals surface area (Å²) in [6.07, 6.45) is 12.5. The van der Waals surface area contributed by atoms with Gasteiger partial charge < -0.3 is 0 Å². The van der Waals surface area contributed by atoms with Crippen molar-refractivity contribution >= 4 is 11.6 Å². The zero-order valence-corrected chi connectivity index (χ0v) is 11.2. The van der Waals surface area contributed by atoms with Crippen LogP contribution in [0.3, 0.4) is 0 Å². The minimum absolute atomic E-state index is 0.290. The maximum atomic E-state index is 5.07. The molecule has 0 bridgehead atoms. The Labute approximate surface area is 102 Å². The van der Waals surface area contributed by atoms with Gasteiger partial charge in [-0.15, -0.1) is 18.2 Å². The van der Waals surface area contributed by atoms with Gasteiger partial charge in [0.05, 0.1) is 0 Å². The Morgan fingerprint density at radius 1 is 1.64 bits per heavy atom. The molecule has 1 rings (SSSR count). The fourth-order valence-corrected chi connectivity index (χ4v) is 3.08. The molecule has 1 aliphatic rings. The van der Waals surface area contributed by atoms with E-state index in [1.807, 2.05) is 0 Å². The van der Waals surface area contributed by atoms with E-state index >= 15 is 0 Å². The summed E-state index contributed by atoms with van der Waals surface area (Å²) in [7, 11) is 0. The van der Waals surface area contributed by atoms with Crippen LogP contribution in [0.2, 0.25) is 4.73 Å². The summed E-state index contributed by atoms with van der Waals surface area (Å²) in [5.74, 6) is 0.556. The molecule has 1 aliphatic carbocycles.